The van der Waals surface area contributed by atoms with E-state index in [9.17, 15) is 4.79 Å². The molecule has 0 fully saturated rings. The van der Waals surface area contributed by atoms with E-state index in [1.54, 1.807) is 27.9 Å². The highest BCUT2D eigenvalue weighted by molar-refractivity contribution is 7.16. The second-order valence-corrected chi connectivity index (χ2v) is 10.4. The molecule has 0 saturated heterocycles. The van der Waals surface area contributed by atoms with Crippen molar-refractivity contribution < 1.29 is 14.3 Å². The summed E-state index contributed by atoms with van der Waals surface area (Å²) in [4.78, 5) is 33.9. The molecule has 3 aromatic heterocycles. The molecule has 0 spiro atoms. The lowest BCUT2D eigenvalue weighted by atomic mass is 10.0. The smallest absolute Gasteiger partial charge is 0.319 e. The van der Waals surface area contributed by atoms with E-state index in [0.29, 0.717) is 28.0 Å². The summed E-state index contributed by atoms with van der Waals surface area (Å²) in [6.07, 6.45) is 1.61. The van der Waals surface area contributed by atoms with E-state index in [1.165, 1.54) is 14.2 Å². The number of hydrogen-bond acceptors (Lipinski definition) is 8. The first kappa shape index (κ1) is 24.3. The molecule has 192 valence electrons. The van der Waals surface area contributed by atoms with Gasteiger partial charge in [0.05, 0.1) is 41.2 Å². The minimum Gasteiger partial charge on any atom is -0.480 e. The summed E-state index contributed by atoms with van der Waals surface area (Å²) in [5.41, 5.74) is 6.00. The number of aromatic nitrogens is 5. The van der Waals surface area contributed by atoms with Crippen LogP contribution in [0.2, 0.25) is 5.02 Å². The zero-order chi connectivity index (χ0) is 26.6. The lowest BCUT2D eigenvalue weighted by Gasteiger charge is -2.28. The van der Waals surface area contributed by atoms with Gasteiger partial charge in [0.25, 0.3) is 5.91 Å². The van der Waals surface area contributed by atoms with E-state index in [1.807, 2.05) is 42.5 Å². The number of ether oxygens (including phenoxy) is 2. The Labute approximate surface area is 227 Å². The molecule has 0 saturated carbocycles. The summed E-state index contributed by atoms with van der Waals surface area (Å²) in [6.45, 7) is 4.10. The van der Waals surface area contributed by atoms with Crippen molar-refractivity contribution in [2.75, 3.05) is 19.1 Å². The lowest BCUT2D eigenvalue weighted by molar-refractivity contribution is 0.0989. The van der Waals surface area contributed by atoms with Gasteiger partial charge in [0.1, 0.15) is 11.9 Å². The molecule has 6 rings (SSSR count). The molecule has 1 amide bonds. The van der Waals surface area contributed by atoms with E-state index in [0.717, 1.165) is 27.2 Å². The number of anilines is 1. The second-order valence-electron chi connectivity index (χ2n) is 9.05. The molecular weight excluding hydrogens is 524 g/mol. The molecule has 11 heteroatoms. The normalized spacial score (nSPS) is 14.9. The van der Waals surface area contributed by atoms with Crippen LogP contribution < -0.4 is 14.4 Å². The Morgan fingerprint density at radius 3 is 2.53 bits per heavy atom. The standard InChI is InChI=1S/C27H23ClN6O3S/c1-14(2)33-23-21(31-24(33)18-12-29-27(37-4)32-25(18)36-3)26(35)34(22(23)15-5-7-16(28)8-6-15)17-9-10-20-19(11-17)30-13-38-20/h5-14,22H,1-4H3. The summed E-state index contributed by atoms with van der Waals surface area (Å²) in [5, 5.41) is 0.618. The summed E-state index contributed by atoms with van der Waals surface area (Å²) >= 11 is 7.80. The van der Waals surface area contributed by atoms with Gasteiger partial charge in [-0.3, -0.25) is 9.69 Å². The fraction of sp³-hybridized carbons (Fsp3) is 0.222. The third-order valence-electron chi connectivity index (χ3n) is 6.53. The van der Waals surface area contributed by atoms with Gasteiger partial charge >= 0.3 is 6.01 Å². The van der Waals surface area contributed by atoms with Crippen molar-refractivity contribution in [3.63, 3.8) is 0 Å². The molecule has 0 radical (unpaired) electrons. The van der Waals surface area contributed by atoms with Gasteiger partial charge < -0.3 is 14.0 Å². The van der Waals surface area contributed by atoms with Crippen LogP contribution in [0, 0.1) is 0 Å². The molecule has 2 aromatic carbocycles. The number of imidazole rings is 1. The molecule has 4 heterocycles. The van der Waals surface area contributed by atoms with Gasteiger partial charge in [-0.2, -0.15) is 4.98 Å². The van der Waals surface area contributed by atoms with E-state index in [-0.39, 0.29) is 18.0 Å². The molecule has 5 aromatic rings. The van der Waals surface area contributed by atoms with Gasteiger partial charge in [0.15, 0.2) is 5.69 Å². The molecule has 1 atom stereocenters. The molecule has 1 aliphatic rings. The van der Waals surface area contributed by atoms with E-state index >= 15 is 0 Å². The van der Waals surface area contributed by atoms with Crippen molar-refractivity contribution >= 4 is 44.7 Å². The Hall–Kier alpha value is -4.02. The molecule has 1 aliphatic heterocycles. The minimum absolute atomic E-state index is 0.0448. The largest absolute Gasteiger partial charge is 0.480 e. The number of rotatable bonds is 6. The van der Waals surface area contributed by atoms with Gasteiger partial charge in [0, 0.05) is 22.9 Å². The quantitative estimate of drug-likeness (QED) is 0.259. The fourth-order valence-electron chi connectivity index (χ4n) is 4.90. The van der Waals surface area contributed by atoms with Crippen LogP contribution in [0.5, 0.6) is 11.9 Å². The zero-order valence-electron chi connectivity index (χ0n) is 21.0. The number of carbonyl (C=O) groups excluding carboxylic acids is 1. The Balaban J connectivity index is 1.59. The Morgan fingerprint density at radius 2 is 1.82 bits per heavy atom. The monoisotopic (exact) mass is 546 g/mol. The van der Waals surface area contributed by atoms with Crippen LogP contribution in [0.4, 0.5) is 5.69 Å². The highest BCUT2D eigenvalue weighted by Gasteiger charge is 2.45. The number of halogens is 1. The predicted molar refractivity (Wildman–Crippen MR) is 146 cm³/mol. The average Bonchev–Trinajstić information content (AvgIpc) is 3.62. The summed E-state index contributed by atoms with van der Waals surface area (Å²) in [5.74, 6) is 0.652. The molecule has 0 N–H and O–H groups in total. The molecular formula is C27H23ClN6O3S. The maximum atomic E-state index is 14.1. The SMILES string of the molecule is COc1ncc(-c2nc3c(n2C(C)C)C(c2ccc(Cl)cc2)N(c2ccc4scnc4c2)C3=O)c(OC)n1. The Kier molecular flexibility index (Phi) is 6.00. The zero-order valence-corrected chi connectivity index (χ0v) is 22.6. The van der Waals surface area contributed by atoms with Crippen LogP contribution >= 0.6 is 22.9 Å². The number of fused-ring (bicyclic) bond motifs is 2. The molecule has 1 unspecified atom stereocenters. The first-order chi connectivity index (χ1) is 18.4. The summed E-state index contributed by atoms with van der Waals surface area (Å²) < 4.78 is 13.8. The lowest BCUT2D eigenvalue weighted by Crippen LogP contribution is -2.30. The third-order valence-corrected chi connectivity index (χ3v) is 7.59. The van der Waals surface area contributed by atoms with E-state index in [2.05, 4.69) is 33.4 Å². The van der Waals surface area contributed by atoms with Crippen LogP contribution in [-0.2, 0) is 0 Å². The van der Waals surface area contributed by atoms with Gasteiger partial charge in [-0.1, -0.05) is 23.7 Å². The van der Waals surface area contributed by atoms with Crippen molar-refractivity contribution in [3.05, 3.63) is 76.1 Å². The second kappa shape index (κ2) is 9.38. The van der Waals surface area contributed by atoms with Crippen molar-refractivity contribution in [2.24, 2.45) is 0 Å². The van der Waals surface area contributed by atoms with Gasteiger partial charge in [0.2, 0.25) is 5.88 Å². The topological polar surface area (TPSA) is 95.3 Å². The predicted octanol–water partition coefficient (Wildman–Crippen LogP) is 5.95. The minimum atomic E-state index is -0.445. The maximum Gasteiger partial charge on any atom is 0.319 e. The first-order valence-electron chi connectivity index (χ1n) is 11.9. The number of methoxy groups -OCH3 is 2. The van der Waals surface area contributed by atoms with Gasteiger partial charge in [-0.25, -0.2) is 15.0 Å². The molecule has 9 nitrogen and oxygen atoms in total. The van der Waals surface area contributed by atoms with Gasteiger partial charge in [-0.05, 0) is 49.7 Å². The number of benzene rings is 2. The van der Waals surface area contributed by atoms with Crippen molar-refractivity contribution in [1.29, 1.82) is 0 Å². The number of carbonyl (C=O) groups is 1. The highest BCUT2D eigenvalue weighted by atomic mass is 35.5. The van der Waals surface area contributed by atoms with Crippen molar-refractivity contribution in [2.45, 2.75) is 25.9 Å². The van der Waals surface area contributed by atoms with Crippen LogP contribution in [0.25, 0.3) is 21.6 Å². The molecule has 38 heavy (non-hydrogen) atoms. The van der Waals surface area contributed by atoms with Crippen molar-refractivity contribution in [1.82, 2.24) is 24.5 Å². The van der Waals surface area contributed by atoms with Crippen LogP contribution in [0.15, 0.2) is 54.2 Å². The Bertz CT molecular complexity index is 1680. The third kappa shape index (κ3) is 3.79. The van der Waals surface area contributed by atoms with E-state index in [4.69, 9.17) is 26.1 Å². The fourth-order valence-corrected chi connectivity index (χ4v) is 5.69. The van der Waals surface area contributed by atoms with Gasteiger partial charge in [-0.15, -0.1) is 11.3 Å². The van der Waals surface area contributed by atoms with E-state index < -0.39 is 6.04 Å². The van der Waals surface area contributed by atoms with Crippen LogP contribution in [-0.4, -0.2) is 44.6 Å². The number of thiazole rings is 1. The maximum absolute atomic E-state index is 14.1. The van der Waals surface area contributed by atoms with Crippen molar-refractivity contribution in [3.8, 4) is 23.3 Å². The first-order valence-corrected chi connectivity index (χ1v) is 13.2. The van der Waals surface area contributed by atoms with Crippen LogP contribution in [0.1, 0.15) is 47.7 Å². The highest BCUT2D eigenvalue weighted by Crippen LogP contribution is 2.46. The number of hydrogen-bond donors (Lipinski definition) is 0. The number of nitrogens with zero attached hydrogens (tertiary/aromatic N) is 6. The average molecular weight is 547 g/mol. The summed E-state index contributed by atoms with van der Waals surface area (Å²) in [6, 6.07) is 13.1. The van der Waals surface area contributed by atoms with Crippen LogP contribution in [0.3, 0.4) is 0 Å². The molecule has 0 bridgehead atoms. The molecule has 0 aliphatic carbocycles. The number of amides is 1. The summed E-state index contributed by atoms with van der Waals surface area (Å²) in [7, 11) is 3.02. The Morgan fingerprint density at radius 1 is 1.03 bits per heavy atom.